The minimum absolute atomic E-state index is 0.0715. The molecule has 1 saturated heterocycles. The molecule has 4 heteroatoms. The number of nitrogens with two attached hydrogens (primary N) is 1. The Labute approximate surface area is 128 Å². The fraction of sp³-hybridized carbons (Fsp3) is 0.647. The minimum Gasteiger partial charge on any atom is -0.496 e. The van der Waals surface area contributed by atoms with Crippen molar-refractivity contribution < 1.29 is 4.74 Å². The lowest BCUT2D eigenvalue weighted by Crippen LogP contribution is -2.49. The molecule has 0 spiro atoms. The minimum atomic E-state index is 0.0715. The van der Waals surface area contributed by atoms with Crippen LogP contribution in [0.15, 0.2) is 24.3 Å². The van der Waals surface area contributed by atoms with E-state index in [0.717, 1.165) is 18.8 Å². The van der Waals surface area contributed by atoms with E-state index in [2.05, 4.69) is 43.0 Å². The van der Waals surface area contributed by atoms with Gasteiger partial charge in [-0.05, 0) is 46.5 Å². The first-order valence-corrected chi connectivity index (χ1v) is 7.83. The average molecular weight is 291 g/mol. The summed E-state index contributed by atoms with van der Waals surface area (Å²) < 4.78 is 5.55. The first-order chi connectivity index (χ1) is 10.0. The van der Waals surface area contributed by atoms with Gasteiger partial charge in [-0.2, -0.15) is 0 Å². The normalized spacial score (nSPS) is 23.0. The number of para-hydroxylation sites is 1. The standard InChI is InChI=1S/C17H29N3O/c1-13(18)17(15-9-5-6-10-16(15)21-4)20-11-7-8-14(12-20)19(2)3/h5-6,9-10,13-14,17H,7-8,11-12,18H2,1-4H3. The third-order valence-electron chi connectivity index (χ3n) is 4.51. The van der Waals surface area contributed by atoms with E-state index >= 15 is 0 Å². The van der Waals surface area contributed by atoms with Crippen LogP contribution in [0, 0.1) is 0 Å². The quantitative estimate of drug-likeness (QED) is 0.902. The van der Waals surface area contributed by atoms with E-state index in [0.29, 0.717) is 6.04 Å². The Hall–Kier alpha value is -1.10. The van der Waals surface area contributed by atoms with Crippen LogP contribution in [-0.2, 0) is 0 Å². The van der Waals surface area contributed by atoms with Crippen LogP contribution >= 0.6 is 0 Å². The highest BCUT2D eigenvalue weighted by atomic mass is 16.5. The molecule has 3 unspecified atom stereocenters. The van der Waals surface area contributed by atoms with Gasteiger partial charge in [0.1, 0.15) is 5.75 Å². The van der Waals surface area contributed by atoms with Crippen LogP contribution in [0.4, 0.5) is 0 Å². The van der Waals surface area contributed by atoms with Crippen LogP contribution in [0.5, 0.6) is 5.75 Å². The van der Waals surface area contributed by atoms with Gasteiger partial charge < -0.3 is 15.4 Å². The molecular weight excluding hydrogens is 262 g/mol. The zero-order chi connectivity index (χ0) is 15.4. The summed E-state index contributed by atoms with van der Waals surface area (Å²) >= 11 is 0. The number of ether oxygens (including phenoxy) is 1. The van der Waals surface area contributed by atoms with Crippen molar-refractivity contribution in [2.45, 2.75) is 37.9 Å². The second-order valence-corrected chi connectivity index (χ2v) is 6.30. The van der Waals surface area contributed by atoms with Crippen molar-refractivity contribution in [2.75, 3.05) is 34.3 Å². The van der Waals surface area contributed by atoms with Crippen molar-refractivity contribution >= 4 is 0 Å². The molecule has 1 aliphatic heterocycles. The molecule has 21 heavy (non-hydrogen) atoms. The lowest BCUT2D eigenvalue weighted by Gasteiger charge is -2.42. The van der Waals surface area contributed by atoms with Gasteiger partial charge in [-0.1, -0.05) is 18.2 Å². The Balaban J connectivity index is 2.26. The summed E-state index contributed by atoms with van der Waals surface area (Å²) in [6.07, 6.45) is 2.49. The number of piperidine rings is 1. The first-order valence-electron chi connectivity index (χ1n) is 7.83. The van der Waals surface area contributed by atoms with Crippen LogP contribution in [-0.4, -0.2) is 56.2 Å². The molecule has 4 nitrogen and oxygen atoms in total. The maximum Gasteiger partial charge on any atom is 0.123 e. The second kappa shape index (κ2) is 7.25. The monoisotopic (exact) mass is 291 g/mol. The van der Waals surface area contributed by atoms with Gasteiger partial charge in [0.05, 0.1) is 13.2 Å². The fourth-order valence-electron chi connectivity index (χ4n) is 3.38. The summed E-state index contributed by atoms with van der Waals surface area (Å²) in [5.74, 6) is 0.937. The van der Waals surface area contributed by atoms with Crippen LogP contribution < -0.4 is 10.5 Å². The summed E-state index contributed by atoms with van der Waals surface area (Å²) in [5.41, 5.74) is 7.54. The number of hydrogen-bond donors (Lipinski definition) is 1. The zero-order valence-corrected chi connectivity index (χ0v) is 13.7. The summed E-state index contributed by atoms with van der Waals surface area (Å²) in [6, 6.07) is 9.14. The molecule has 1 aromatic rings. The SMILES string of the molecule is COc1ccccc1C(C(C)N)N1CCCC(N(C)C)C1. The Morgan fingerprint density at radius 2 is 2.05 bits per heavy atom. The molecule has 0 bridgehead atoms. The van der Waals surface area contributed by atoms with Crippen molar-refractivity contribution in [1.29, 1.82) is 0 Å². The van der Waals surface area contributed by atoms with E-state index in [1.165, 1.54) is 18.4 Å². The molecule has 3 atom stereocenters. The Morgan fingerprint density at radius 1 is 1.33 bits per heavy atom. The lowest BCUT2D eigenvalue weighted by atomic mass is 9.94. The highest BCUT2D eigenvalue weighted by molar-refractivity contribution is 5.36. The van der Waals surface area contributed by atoms with E-state index in [1.54, 1.807) is 7.11 Å². The van der Waals surface area contributed by atoms with E-state index in [9.17, 15) is 0 Å². The fourth-order valence-corrected chi connectivity index (χ4v) is 3.38. The zero-order valence-electron chi connectivity index (χ0n) is 13.7. The van der Waals surface area contributed by atoms with Gasteiger partial charge in [0.15, 0.2) is 0 Å². The van der Waals surface area contributed by atoms with Crippen molar-refractivity contribution in [1.82, 2.24) is 9.80 Å². The highest BCUT2D eigenvalue weighted by Crippen LogP contribution is 2.33. The van der Waals surface area contributed by atoms with Gasteiger partial charge in [-0.3, -0.25) is 4.90 Å². The highest BCUT2D eigenvalue weighted by Gasteiger charge is 2.31. The first kappa shape index (κ1) is 16.3. The molecule has 0 aliphatic carbocycles. The smallest absolute Gasteiger partial charge is 0.123 e. The number of methoxy groups -OCH3 is 1. The van der Waals surface area contributed by atoms with E-state index in [4.69, 9.17) is 10.5 Å². The van der Waals surface area contributed by atoms with E-state index in [-0.39, 0.29) is 12.1 Å². The van der Waals surface area contributed by atoms with Crippen LogP contribution in [0.25, 0.3) is 0 Å². The summed E-state index contributed by atoms with van der Waals surface area (Å²) in [4.78, 5) is 4.85. The maximum absolute atomic E-state index is 6.33. The van der Waals surface area contributed by atoms with Crippen LogP contribution in [0.3, 0.4) is 0 Å². The van der Waals surface area contributed by atoms with Gasteiger partial charge in [-0.15, -0.1) is 0 Å². The van der Waals surface area contributed by atoms with Crippen LogP contribution in [0.1, 0.15) is 31.4 Å². The summed E-state index contributed by atoms with van der Waals surface area (Å²) in [5, 5.41) is 0. The molecule has 0 aromatic heterocycles. The average Bonchev–Trinajstić information content (AvgIpc) is 2.48. The van der Waals surface area contributed by atoms with Crippen LogP contribution in [0.2, 0.25) is 0 Å². The molecule has 0 saturated carbocycles. The Bertz CT molecular complexity index is 447. The number of hydrogen-bond acceptors (Lipinski definition) is 4. The summed E-state index contributed by atoms with van der Waals surface area (Å²) in [6.45, 7) is 4.27. The molecule has 2 N–H and O–H groups in total. The molecule has 1 fully saturated rings. The number of likely N-dealkylation sites (N-methyl/N-ethyl adjacent to an activating group) is 1. The second-order valence-electron chi connectivity index (χ2n) is 6.30. The predicted octanol–water partition coefficient (Wildman–Crippen LogP) is 2.11. The van der Waals surface area contributed by atoms with E-state index < -0.39 is 0 Å². The molecular formula is C17H29N3O. The Kier molecular flexibility index (Phi) is 5.62. The van der Waals surface area contributed by atoms with Gasteiger partial charge in [-0.25, -0.2) is 0 Å². The van der Waals surface area contributed by atoms with Gasteiger partial charge >= 0.3 is 0 Å². The molecule has 1 aromatic carbocycles. The molecule has 2 rings (SSSR count). The van der Waals surface area contributed by atoms with Gasteiger partial charge in [0, 0.05) is 24.2 Å². The topological polar surface area (TPSA) is 41.7 Å². The third kappa shape index (κ3) is 3.76. The van der Waals surface area contributed by atoms with Crippen molar-refractivity contribution in [3.05, 3.63) is 29.8 Å². The molecule has 118 valence electrons. The van der Waals surface area contributed by atoms with Crippen molar-refractivity contribution in [2.24, 2.45) is 5.73 Å². The lowest BCUT2D eigenvalue weighted by molar-refractivity contribution is 0.0853. The summed E-state index contributed by atoms with van der Waals surface area (Å²) in [7, 11) is 6.06. The number of rotatable bonds is 5. The van der Waals surface area contributed by atoms with Crippen molar-refractivity contribution in [3.8, 4) is 5.75 Å². The molecule has 1 heterocycles. The number of likely N-dealkylation sites (tertiary alicyclic amines) is 1. The molecule has 0 radical (unpaired) electrons. The van der Waals surface area contributed by atoms with Gasteiger partial charge in [0.2, 0.25) is 0 Å². The number of benzene rings is 1. The number of nitrogens with zero attached hydrogens (tertiary/aromatic N) is 2. The largest absolute Gasteiger partial charge is 0.496 e. The maximum atomic E-state index is 6.33. The van der Waals surface area contributed by atoms with Gasteiger partial charge in [0.25, 0.3) is 0 Å². The van der Waals surface area contributed by atoms with E-state index in [1.807, 2.05) is 12.1 Å². The molecule has 0 amide bonds. The van der Waals surface area contributed by atoms with Crippen molar-refractivity contribution in [3.63, 3.8) is 0 Å². The molecule has 1 aliphatic rings. The predicted molar refractivity (Wildman–Crippen MR) is 87.7 cm³/mol. The third-order valence-corrected chi connectivity index (χ3v) is 4.51. The Morgan fingerprint density at radius 3 is 2.67 bits per heavy atom.